The van der Waals surface area contributed by atoms with Crippen LogP contribution in [0.3, 0.4) is 0 Å². The van der Waals surface area contributed by atoms with E-state index in [-0.39, 0.29) is 6.61 Å². The van der Waals surface area contributed by atoms with Gasteiger partial charge in [-0.25, -0.2) is 10.7 Å². The highest BCUT2D eigenvalue weighted by Gasteiger charge is 2.16. The van der Waals surface area contributed by atoms with Crippen LogP contribution >= 0.6 is 0 Å². The van der Waals surface area contributed by atoms with Gasteiger partial charge in [0.2, 0.25) is 0 Å². The number of likely N-dealkylation sites (N-methyl/N-ethyl adjacent to an activating group) is 1. The molecule has 0 atom stereocenters. The zero-order valence-electron chi connectivity index (χ0n) is 17.8. The van der Waals surface area contributed by atoms with E-state index in [2.05, 4.69) is 21.0 Å². The van der Waals surface area contributed by atoms with Crippen LogP contribution in [0.1, 0.15) is 84.0 Å². The first-order valence-electron chi connectivity index (χ1n) is 10.6. The highest BCUT2D eigenvalue weighted by atomic mass is 16.5. The maximum atomic E-state index is 11.5. The quantitative estimate of drug-likeness (QED) is 0.0894. The van der Waals surface area contributed by atoms with Crippen LogP contribution in [-0.4, -0.2) is 50.1 Å². The number of quaternary nitrogens is 1. The van der Waals surface area contributed by atoms with Crippen LogP contribution in [0.5, 0.6) is 0 Å². The standard InChI is InChI=1S/C22H39N3O2/c1-4-5-6-7-8-9-10-11-12-13-14-15-16-25(2,3)17-18-27-22(26)21(19-23)20-24/h4-18H2,1-3H3. The first-order valence-corrected chi connectivity index (χ1v) is 10.6. The van der Waals surface area contributed by atoms with Crippen molar-refractivity contribution in [3.8, 4) is 6.07 Å². The van der Waals surface area contributed by atoms with Crippen molar-refractivity contribution in [3.05, 3.63) is 11.0 Å². The van der Waals surface area contributed by atoms with Crippen molar-refractivity contribution in [1.82, 2.24) is 0 Å². The zero-order valence-corrected chi connectivity index (χ0v) is 17.8. The Kier molecular flexibility index (Phi) is 15.5. The Morgan fingerprint density at radius 1 is 0.889 bits per heavy atom. The predicted octanol–water partition coefficient (Wildman–Crippen LogP) is 5.00. The Morgan fingerprint density at radius 3 is 1.81 bits per heavy atom. The number of carbonyl (C=O) groups is 1. The highest BCUT2D eigenvalue weighted by molar-refractivity contribution is 6.02. The maximum absolute atomic E-state index is 11.5. The molecule has 0 fully saturated rings. The Morgan fingerprint density at radius 2 is 1.37 bits per heavy atom. The Balaban J connectivity index is 3.58. The van der Waals surface area contributed by atoms with Gasteiger partial charge in [-0.2, -0.15) is 5.26 Å². The molecule has 0 aliphatic heterocycles. The second-order valence-corrected chi connectivity index (χ2v) is 8.01. The van der Waals surface area contributed by atoms with Crippen molar-refractivity contribution in [2.75, 3.05) is 33.8 Å². The summed E-state index contributed by atoms with van der Waals surface area (Å²) in [5.74, 6) is 0.738. The van der Waals surface area contributed by atoms with E-state index in [1.54, 1.807) is 11.9 Å². The van der Waals surface area contributed by atoms with Crippen molar-refractivity contribution in [3.63, 3.8) is 0 Å². The van der Waals surface area contributed by atoms with Crippen molar-refractivity contribution < 1.29 is 14.0 Å². The lowest BCUT2D eigenvalue weighted by atomic mass is 10.1. The summed E-state index contributed by atoms with van der Waals surface area (Å²) in [7, 11) is 4.23. The second-order valence-electron chi connectivity index (χ2n) is 8.01. The number of nitrogens with zero attached hydrogens (tertiary/aromatic N) is 3. The van der Waals surface area contributed by atoms with Crippen LogP contribution in [0, 0.1) is 11.3 Å². The number of hydrogen-bond donors (Lipinski definition) is 0. The van der Waals surface area contributed by atoms with E-state index in [4.69, 9.17) is 15.4 Å². The van der Waals surface area contributed by atoms with Crippen molar-refractivity contribution in [2.45, 2.75) is 84.0 Å². The smallest absolute Gasteiger partial charge is 0.355 e. The van der Waals surface area contributed by atoms with Gasteiger partial charge < -0.3 is 14.6 Å². The normalized spacial score (nSPS) is 10.9. The number of esters is 1. The van der Waals surface area contributed by atoms with E-state index in [0.717, 1.165) is 11.0 Å². The average molecular weight is 378 g/mol. The monoisotopic (exact) mass is 377 g/mol. The molecular weight excluding hydrogens is 338 g/mol. The van der Waals surface area contributed by atoms with E-state index < -0.39 is 11.5 Å². The first kappa shape index (κ1) is 25.4. The lowest BCUT2D eigenvalue weighted by Gasteiger charge is -2.29. The van der Waals surface area contributed by atoms with Gasteiger partial charge in [-0.3, -0.25) is 0 Å². The SMILES string of the molecule is CCCCCCCCCCCCCC[N+](C)(C)CCOC(=O)C(=C=[N-])C#N. The molecule has 0 saturated heterocycles. The fourth-order valence-electron chi connectivity index (χ4n) is 3.07. The van der Waals surface area contributed by atoms with Gasteiger partial charge in [0.1, 0.15) is 19.2 Å². The minimum Gasteiger partial charge on any atom is -0.762 e. The fraction of sp³-hybridized carbons (Fsp3) is 0.818. The lowest BCUT2D eigenvalue weighted by Crippen LogP contribution is -2.43. The summed E-state index contributed by atoms with van der Waals surface area (Å²) < 4.78 is 5.78. The lowest BCUT2D eigenvalue weighted by molar-refractivity contribution is -0.890. The summed E-state index contributed by atoms with van der Waals surface area (Å²) in [5.41, 5.74) is -0.485. The van der Waals surface area contributed by atoms with E-state index in [1.165, 1.54) is 77.0 Å². The van der Waals surface area contributed by atoms with Gasteiger partial charge in [0.25, 0.3) is 0 Å². The van der Waals surface area contributed by atoms with Gasteiger partial charge in [-0.1, -0.05) is 71.1 Å². The van der Waals surface area contributed by atoms with Crippen LogP contribution in [0.2, 0.25) is 0 Å². The topological polar surface area (TPSA) is 72.4 Å². The molecule has 0 spiro atoms. The van der Waals surface area contributed by atoms with Crippen LogP contribution in [0.15, 0.2) is 5.57 Å². The molecule has 0 N–H and O–H groups in total. The molecule has 0 unspecified atom stereocenters. The van der Waals surface area contributed by atoms with Crippen molar-refractivity contribution in [1.29, 1.82) is 5.26 Å². The fourth-order valence-corrected chi connectivity index (χ4v) is 3.07. The molecule has 0 bridgehead atoms. The molecule has 0 aromatic rings. The average Bonchev–Trinajstić information content (AvgIpc) is 2.63. The number of rotatable bonds is 17. The molecule has 0 rings (SSSR count). The molecular formula is C22H39N3O2. The van der Waals surface area contributed by atoms with E-state index >= 15 is 0 Å². The summed E-state index contributed by atoms with van der Waals surface area (Å²) in [5, 5.41) is 17.2. The van der Waals surface area contributed by atoms with Crippen LogP contribution in [-0.2, 0) is 9.53 Å². The minimum atomic E-state index is -0.814. The molecule has 0 aliphatic carbocycles. The molecule has 5 nitrogen and oxygen atoms in total. The number of nitriles is 1. The van der Waals surface area contributed by atoms with Crippen molar-refractivity contribution >= 4 is 11.8 Å². The third kappa shape index (κ3) is 15.2. The molecule has 0 amide bonds. The van der Waals surface area contributed by atoms with Gasteiger partial charge >= 0.3 is 5.97 Å². The molecule has 0 aromatic heterocycles. The van der Waals surface area contributed by atoms with Crippen LogP contribution in [0.4, 0.5) is 0 Å². The van der Waals surface area contributed by atoms with Gasteiger partial charge in [0.05, 0.1) is 20.6 Å². The number of ether oxygens (including phenoxy) is 1. The van der Waals surface area contributed by atoms with Gasteiger partial charge in [-0.15, -0.1) is 0 Å². The number of hydrogen-bond acceptors (Lipinski definition) is 3. The predicted molar refractivity (Wildman–Crippen MR) is 111 cm³/mol. The Labute approximate surface area is 166 Å². The second kappa shape index (κ2) is 16.5. The summed E-state index contributed by atoms with van der Waals surface area (Å²) in [6, 6.07) is 1.55. The molecule has 5 heteroatoms. The summed E-state index contributed by atoms with van der Waals surface area (Å²) in [6.45, 7) is 4.22. The Bertz CT molecular complexity index is 488. The van der Waals surface area contributed by atoms with E-state index in [1.807, 2.05) is 0 Å². The first-order chi connectivity index (χ1) is 13.0. The summed E-state index contributed by atoms with van der Waals surface area (Å²) in [6.07, 6.45) is 16.1. The third-order valence-electron chi connectivity index (χ3n) is 4.97. The van der Waals surface area contributed by atoms with Crippen LogP contribution in [0.25, 0.3) is 5.41 Å². The van der Waals surface area contributed by atoms with Gasteiger partial charge in [0, 0.05) is 0 Å². The third-order valence-corrected chi connectivity index (χ3v) is 4.97. The molecule has 0 aromatic carbocycles. The van der Waals surface area contributed by atoms with Crippen LogP contribution < -0.4 is 0 Å². The number of carbonyl (C=O) groups excluding carboxylic acids is 1. The van der Waals surface area contributed by atoms with E-state index in [9.17, 15) is 4.79 Å². The van der Waals surface area contributed by atoms with Gasteiger partial charge in [-0.05, 0) is 12.8 Å². The molecule has 27 heavy (non-hydrogen) atoms. The van der Waals surface area contributed by atoms with E-state index in [0.29, 0.717) is 6.54 Å². The summed E-state index contributed by atoms with van der Waals surface area (Å²) >= 11 is 0. The zero-order chi connectivity index (χ0) is 20.4. The number of unbranched alkanes of at least 4 members (excludes halogenated alkanes) is 11. The largest absolute Gasteiger partial charge is 0.762 e. The molecule has 0 aliphatic rings. The molecule has 154 valence electrons. The van der Waals surface area contributed by atoms with Gasteiger partial charge in [0.15, 0.2) is 5.57 Å². The molecule has 0 heterocycles. The molecule has 0 radical (unpaired) electrons. The Hall–Kier alpha value is -1.63. The summed E-state index contributed by atoms with van der Waals surface area (Å²) in [4.78, 5) is 11.5. The minimum absolute atomic E-state index is 0.233. The molecule has 0 saturated carbocycles. The van der Waals surface area contributed by atoms with Crippen molar-refractivity contribution in [2.24, 2.45) is 0 Å². The maximum Gasteiger partial charge on any atom is 0.355 e. The highest BCUT2D eigenvalue weighted by Crippen LogP contribution is 2.12.